The van der Waals surface area contributed by atoms with Crippen molar-refractivity contribution in [3.63, 3.8) is 0 Å². The normalized spacial score (nSPS) is 9.50. The van der Waals surface area contributed by atoms with Crippen molar-refractivity contribution in [2.75, 3.05) is 7.05 Å². The van der Waals surface area contributed by atoms with Crippen LogP contribution in [0.15, 0.2) is 5.38 Å². The van der Waals surface area contributed by atoms with E-state index in [1.165, 1.54) is 23.8 Å². The first-order valence-corrected chi connectivity index (χ1v) is 4.64. The van der Waals surface area contributed by atoms with Gasteiger partial charge in [-0.05, 0) is 0 Å². The molecule has 7 heteroatoms. The molecule has 0 saturated carbocycles. The molecule has 0 aliphatic carbocycles. The van der Waals surface area contributed by atoms with E-state index < -0.39 is 5.97 Å². The highest BCUT2D eigenvalue weighted by Gasteiger charge is 2.08. The van der Waals surface area contributed by atoms with Crippen molar-refractivity contribution in [3.8, 4) is 0 Å². The molecule has 1 heterocycles. The Morgan fingerprint density at radius 2 is 2.36 bits per heavy atom. The molecule has 1 rings (SSSR count). The van der Waals surface area contributed by atoms with Crippen LogP contribution in [0.1, 0.15) is 15.5 Å². The molecule has 2 amide bonds. The molecule has 3 N–H and O–H groups in total. The maximum Gasteiger partial charge on any atom is 0.355 e. The highest BCUT2D eigenvalue weighted by Crippen LogP contribution is 2.08. The van der Waals surface area contributed by atoms with E-state index in [4.69, 9.17) is 5.11 Å². The Morgan fingerprint density at radius 1 is 1.64 bits per heavy atom. The maximum atomic E-state index is 10.8. The van der Waals surface area contributed by atoms with Gasteiger partial charge in [-0.2, -0.15) is 0 Å². The van der Waals surface area contributed by atoms with Crippen LogP contribution in [0.25, 0.3) is 0 Å². The number of amides is 2. The second kappa shape index (κ2) is 4.56. The van der Waals surface area contributed by atoms with Crippen LogP contribution in [0.2, 0.25) is 0 Å². The molecule has 6 nitrogen and oxygen atoms in total. The molecule has 14 heavy (non-hydrogen) atoms. The number of hydrogen-bond donors (Lipinski definition) is 3. The monoisotopic (exact) mass is 215 g/mol. The van der Waals surface area contributed by atoms with Crippen LogP contribution in [0, 0.1) is 0 Å². The zero-order valence-electron chi connectivity index (χ0n) is 7.40. The van der Waals surface area contributed by atoms with Crippen LogP contribution in [0.3, 0.4) is 0 Å². The molecule has 0 bridgehead atoms. The number of carbonyl (C=O) groups is 2. The number of rotatable bonds is 3. The lowest BCUT2D eigenvalue weighted by molar-refractivity contribution is 0.0691. The number of urea groups is 1. The molecule has 0 aliphatic rings. The number of aromatic nitrogens is 1. The predicted molar refractivity (Wildman–Crippen MR) is 50.4 cm³/mol. The minimum atomic E-state index is -1.06. The Kier molecular flexibility index (Phi) is 3.41. The van der Waals surface area contributed by atoms with Crippen molar-refractivity contribution in [1.82, 2.24) is 15.6 Å². The van der Waals surface area contributed by atoms with Gasteiger partial charge in [0.2, 0.25) is 0 Å². The van der Waals surface area contributed by atoms with E-state index in [1.54, 1.807) is 0 Å². The molecule has 0 fully saturated rings. The SMILES string of the molecule is CNC(=O)NCc1nc(C(=O)O)cs1. The minimum absolute atomic E-state index is 0.00343. The number of hydrogen-bond acceptors (Lipinski definition) is 4. The van der Waals surface area contributed by atoms with Crippen LogP contribution in [0.5, 0.6) is 0 Å². The minimum Gasteiger partial charge on any atom is -0.476 e. The van der Waals surface area contributed by atoms with E-state index in [9.17, 15) is 9.59 Å². The molecule has 1 aromatic heterocycles. The average Bonchev–Trinajstić information content (AvgIpc) is 2.62. The van der Waals surface area contributed by atoms with E-state index in [2.05, 4.69) is 15.6 Å². The summed E-state index contributed by atoms with van der Waals surface area (Å²) in [6.45, 7) is 0.234. The molecular formula is C7H9N3O3S. The molecular weight excluding hydrogens is 206 g/mol. The number of thiazole rings is 1. The van der Waals surface area contributed by atoms with Gasteiger partial charge >= 0.3 is 12.0 Å². The third-order valence-corrected chi connectivity index (χ3v) is 2.25. The smallest absolute Gasteiger partial charge is 0.355 e. The summed E-state index contributed by atoms with van der Waals surface area (Å²) in [6, 6.07) is -0.322. The van der Waals surface area contributed by atoms with Crippen LogP contribution in [0.4, 0.5) is 4.79 Å². The number of nitrogens with one attached hydrogen (secondary N) is 2. The summed E-state index contributed by atoms with van der Waals surface area (Å²) in [6.07, 6.45) is 0. The summed E-state index contributed by atoms with van der Waals surface area (Å²) >= 11 is 1.20. The van der Waals surface area contributed by atoms with Crippen LogP contribution >= 0.6 is 11.3 Å². The fourth-order valence-electron chi connectivity index (χ4n) is 0.735. The van der Waals surface area contributed by atoms with Gasteiger partial charge in [-0.3, -0.25) is 0 Å². The lowest BCUT2D eigenvalue weighted by atomic mass is 10.5. The largest absolute Gasteiger partial charge is 0.476 e. The van der Waals surface area contributed by atoms with E-state index in [-0.39, 0.29) is 18.3 Å². The summed E-state index contributed by atoms with van der Waals surface area (Å²) in [5.41, 5.74) is 0.00343. The number of carboxylic acids is 1. The summed E-state index contributed by atoms with van der Waals surface area (Å²) < 4.78 is 0. The van der Waals surface area contributed by atoms with Gasteiger partial charge in [0.25, 0.3) is 0 Å². The molecule has 0 spiro atoms. The van der Waals surface area contributed by atoms with E-state index >= 15 is 0 Å². The van der Waals surface area contributed by atoms with Crippen LogP contribution in [-0.4, -0.2) is 29.1 Å². The molecule has 76 valence electrons. The van der Waals surface area contributed by atoms with Crippen LogP contribution < -0.4 is 10.6 Å². The third kappa shape index (κ3) is 2.70. The quantitative estimate of drug-likeness (QED) is 0.675. The summed E-state index contributed by atoms with van der Waals surface area (Å²) in [5.74, 6) is -1.06. The van der Waals surface area contributed by atoms with Crippen molar-refractivity contribution in [3.05, 3.63) is 16.1 Å². The molecule has 0 atom stereocenters. The first kappa shape index (κ1) is 10.5. The number of nitrogens with zero attached hydrogens (tertiary/aromatic N) is 1. The Balaban J connectivity index is 2.52. The number of aromatic carboxylic acids is 1. The van der Waals surface area contributed by atoms with Crippen molar-refractivity contribution in [2.45, 2.75) is 6.54 Å². The van der Waals surface area contributed by atoms with Gasteiger partial charge in [-0.15, -0.1) is 11.3 Å². The van der Waals surface area contributed by atoms with E-state index in [1.807, 2.05) is 0 Å². The Labute approximate surface area is 84.0 Å². The first-order chi connectivity index (χ1) is 6.63. The standard InChI is InChI=1S/C7H9N3O3S/c1-8-7(13)9-2-5-10-4(3-14-5)6(11)12/h3H,2H2,1H3,(H,11,12)(H2,8,9,13). The molecule has 0 radical (unpaired) electrons. The first-order valence-electron chi connectivity index (χ1n) is 3.76. The van der Waals surface area contributed by atoms with Gasteiger partial charge < -0.3 is 15.7 Å². The molecule has 0 aromatic carbocycles. The molecule has 0 aliphatic heterocycles. The molecule has 0 saturated heterocycles. The summed E-state index contributed by atoms with van der Waals surface area (Å²) in [5, 5.41) is 15.4. The second-order valence-corrected chi connectivity index (χ2v) is 3.31. The lowest BCUT2D eigenvalue weighted by Gasteiger charge is -1.99. The number of carboxylic acid groups (broad SMARTS) is 1. The van der Waals surface area contributed by atoms with Crippen molar-refractivity contribution in [2.24, 2.45) is 0 Å². The van der Waals surface area contributed by atoms with Crippen molar-refractivity contribution < 1.29 is 14.7 Å². The van der Waals surface area contributed by atoms with Gasteiger partial charge in [0, 0.05) is 12.4 Å². The average molecular weight is 215 g/mol. The van der Waals surface area contributed by atoms with Gasteiger partial charge in [-0.25, -0.2) is 14.6 Å². The predicted octanol–water partition coefficient (Wildman–Crippen LogP) is 0.270. The molecule has 0 unspecified atom stereocenters. The van der Waals surface area contributed by atoms with Gasteiger partial charge in [-0.1, -0.05) is 0 Å². The zero-order valence-corrected chi connectivity index (χ0v) is 8.22. The third-order valence-electron chi connectivity index (χ3n) is 1.40. The second-order valence-electron chi connectivity index (χ2n) is 2.36. The highest BCUT2D eigenvalue weighted by molar-refractivity contribution is 7.09. The lowest BCUT2D eigenvalue weighted by Crippen LogP contribution is -2.32. The maximum absolute atomic E-state index is 10.8. The van der Waals surface area contributed by atoms with E-state index in [0.717, 1.165) is 0 Å². The number of carbonyl (C=O) groups excluding carboxylic acids is 1. The summed E-state index contributed by atoms with van der Waals surface area (Å²) in [7, 11) is 1.50. The fourth-order valence-corrected chi connectivity index (χ4v) is 1.44. The summed E-state index contributed by atoms with van der Waals surface area (Å²) in [4.78, 5) is 25.0. The Hall–Kier alpha value is -1.63. The van der Waals surface area contributed by atoms with Gasteiger partial charge in [0.1, 0.15) is 5.01 Å². The van der Waals surface area contributed by atoms with Gasteiger partial charge in [0.15, 0.2) is 5.69 Å². The van der Waals surface area contributed by atoms with Crippen LogP contribution in [-0.2, 0) is 6.54 Å². The van der Waals surface area contributed by atoms with Crippen molar-refractivity contribution in [1.29, 1.82) is 0 Å². The Morgan fingerprint density at radius 3 is 2.86 bits per heavy atom. The highest BCUT2D eigenvalue weighted by atomic mass is 32.1. The van der Waals surface area contributed by atoms with E-state index in [0.29, 0.717) is 5.01 Å². The zero-order chi connectivity index (χ0) is 10.6. The Bertz CT molecular complexity index is 350. The van der Waals surface area contributed by atoms with Crippen molar-refractivity contribution >= 4 is 23.3 Å². The van der Waals surface area contributed by atoms with Gasteiger partial charge in [0.05, 0.1) is 6.54 Å². The topological polar surface area (TPSA) is 91.3 Å². The molecule has 1 aromatic rings. The fraction of sp³-hybridized carbons (Fsp3) is 0.286.